The van der Waals surface area contributed by atoms with Crippen molar-refractivity contribution < 1.29 is 33.6 Å². The number of carbonyl (C=O) groups excluding carboxylic acids is 2. The third-order valence-corrected chi connectivity index (χ3v) is 14.8. The lowest BCUT2D eigenvalue weighted by atomic mass is 10.1. The number of hydrogen-bond donors (Lipinski definition) is 3. The number of phenols is 1. The second-order valence-corrected chi connectivity index (χ2v) is 27.2. The van der Waals surface area contributed by atoms with Crippen LogP contribution >= 0.6 is 47.3 Å². The van der Waals surface area contributed by atoms with E-state index in [4.69, 9.17) is 38.9 Å². The number of piperidine rings is 2. The van der Waals surface area contributed by atoms with Gasteiger partial charge in [0.05, 0.1) is 22.1 Å². The Hall–Kier alpha value is -6.98. The minimum Gasteiger partial charge on any atom is -0.508 e. The van der Waals surface area contributed by atoms with Gasteiger partial charge < -0.3 is 44.5 Å². The molecule has 0 unspecified atom stereocenters. The first-order valence-electron chi connectivity index (χ1n) is 27.2. The summed E-state index contributed by atoms with van der Waals surface area (Å²) >= 11 is 9.31. The van der Waals surface area contributed by atoms with Crippen molar-refractivity contribution in [2.24, 2.45) is 11.8 Å². The number of aryl methyl sites for hydroxylation is 1. The van der Waals surface area contributed by atoms with Crippen LogP contribution in [-0.4, -0.2) is 134 Å². The molecule has 0 bridgehead atoms. The van der Waals surface area contributed by atoms with Crippen LogP contribution in [0.25, 0.3) is 56.5 Å². The van der Waals surface area contributed by atoms with Crippen LogP contribution in [0.1, 0.15) is 56.9 Å². The van der Waals surface area contributed by atoms with Crippen molar-refractivity contribution in [1.82, 2.24) is 48.8 Å². The average molecular weight is 1270 g/mol. The largest absolute Gasteiger partial charge is 0.508 e. The molecule has 6 aliphatic rings. The predicted molar refractivity (Wildman–Crippen MR) is 317 cm³/mol. The zero-order chi connectivity index (χ0) is 54.9. The number of aromatic nitrogens is 8. The fourth-order valence-electron chi connectivity index (χ4n) is 10.7. The quantitative estimate of drug-likeness (QED) is 0.109. The Morgan fingerprint density at radius 1 is 0.562 bits per heavy atom. The lowest BCUT2D eigenvalue weighted by Gasteiger charge is -2.33. The zero-order valence-corrected chi connectivity index (χ0v) is 48.7. The summed E-state index contributed by atoms with van der Waals surface area (Å²) in [6.45, 7) is 7.18. The van der Waals surface area contributed by atoms with Gasteiger partial charge in [0.15, 0.2) is 23.0 Å². The summed E-state index contributed by atoms with van der Waals surface area (Å²) in [7, 11) is 0. The van der Waals surface area contributed by atoms with Crippen LogP contribution in [0.2, 0.25) is 0 Å². The molecular formula is C57H58BBr3N12O7. The Kier molecular flexibility index (Phi) is 15.8. The fourth-order valence-corrected chi connectivity index (χ4v) is 10.7. The highest BCUT2D eigenvalue weighted by atomic mass is 79.9. The average Bonchev–Trinajstić information content (AvgIpc) is 4.45. The molecule has 3 N–H and O–H groups in total. The van der Waals surface area contributed by atoms with Crippen molar-refractivity contribution in [3.8, 4) is 63.2 Å². The van der Waals surface area contributed by atoms with Crippen molar-refractivity contribution >= 4 is 96.2 Å². The lowest BCUT2D eigenvalue weighted by molar-refractivity contribution is -0.134. The molecule has 19 nitrogen and oxygen atoms in total. The molecule has 4 aromatic carbocycles. The molecule has 0 radical (unpaired) electrons. The van der Waals surface area contributed by atoms with Crippen molar-refractivity contribution in [2.75, 3.05) is 63.2 Å². The van der Waals surface area contributed by atoms with Gasteiger partial charge in [-0.3, -0.25) is 18.7 Å². The van der Waals surface area contributed by atoms with Crippen LogP contribution in [0.4, 0.5) is 11.9 Å². The molecule has 8 heterocycles. The van der Waals surface area contributed by atoms with Gasteiger partial charge in [-0.2, -0.15) is 9.97 Å². The van der Waals surface area contributed by atoms with Gasteiger partial charge in [0.25, 0.3) is 0 Å². The first-order chi connectivity index (χ1) is 39.0. The molecule has 0 spiro atoms. The third-order valence-electron chi connectivity index (χ3n) is 14.8. The number of phenolic OH excluding ortho intramolecular Hbond substituents is 1. The Bertz CT molecular complexity index is 3370. The van der Waals surface area contributed by atoms with E-state index in [0.29, 0.717) is 80.5 Å². The number of benzene rings is 4. The smallest absolute Gasteiger partial charge is 0.369 e. The Balaban J connectivity index is 0.000000149. The van der Waals surface area contributed by atoms with E-state index in [1.165, 1.54) is 0 Å². The normalized spacial score (nSPS) is 18.4. The molecule has 4 aliphatic heterocycles. The number of rotatable bonds is 10. The summed E-state index contributed by atoms with van der Waals surface area (Å²) in [5.74, 6) is 7.82. The summed E-state index contributed by atoms with van der Waals surface area (Å²) in [4.78, 5) is 57.8. The van der Waals surface area contributed by atoms with Gasteiger partial charge in [-0.05, 0) is 137 Å². The Morgan fingerprint density at radius 3 is 1.49 bits per heavy atom. The van der Waals surface area contributed by atoms with E-state index < -0.39 is 0 Å². The molecule has 80 heavy (non-hydrogen) atoms. The maximum absolute atomic E-state index is 12.6. The minimum atomic E-state index is 0.0857. The van der Waals surface area contributed by atoms with E-state index in [2.05, 4.69) is 91.5 Å². The van der Waals surface area contributed by atoms with E-state index in [-0.39, 0.29) is 38.8 Å². The third kappa shape index (κ3) is 12.2. The van der Waals surface area contributed by atoms with Crippen LogP contribution in [0.3, 0.4) is 0 Å². The summed E-state index contributed by atoms with van der Waals surface area (Å²) in [6.07, 6.45) is 11.4. The maximum Gasteiger partial charge on any atom is 0.369 e. The Labute approximate surface area is 487 Å². The van der Waals surface area contributed by atoms with Crippen LogP contribution < -0.4 is 29.6 Å². The van der Waals surface area contributed by atoms with Crippen molar-refractivity contribution in [3.63, 3.8) is 0 Å². The molecule has 23 heteroatoms. The van der Waals surface area contributed by atoms with Gasteiger partial charge in [-0.15, -0.1) is 47.3 Å². The topological polar surface area (TPSA) is 209 Å². The molecule has 412 valence electrons. The number of nitrogens with one attached hydrogen (secondary N) is 2. The van der Waals surface area contributed by atoms with Gasteiger partial charge in [-0.25, -0.2) is 19.9 Å². The van der Waals surface area contributed by atoms with E-state index in [1.54, 1.807) is 30.6 Å². The van der Waals surface area contributed by atoms with Crippen LogP contribution in [0.15, 0.2) is 97.3 Å². The predicted octanol–water partition coefficient (Wildman–Crippen LogP) is 10.3. The second-order valence-electron chi connectivity index (χ2n) is 20.7. The molecule has 2 amide bonds. The number of nitrogens with zero attached hydrogens (tertiary/aromatic N) is 10. The number of hydrogen-bond acceptors (Lipinski definition) is 15. The van der Waals surface area contributed by atoms with Crippen LogP contribution in [0.5, 0.6) is 28.7 Å². The number of fused-ring (bicyclic) bond motifs is 4. The molecule has 2 atom stereocenters. The SMILES string of the molecule is BrB(Br)Br.Cc1ccc2nc(-c3ccc4c(c3)OCCO4)n(-c3ccnc(N[C@H]4CCCN(C(=O)C5CC5)C4)n3)c2c1.O=C(C1CC1)N1CCC[C@H](Nc2nccc(-n3c(-c4ccc5c(c4)OCCO5)nc4ccc(O)cc43)n2)C1. The molecule has 4 aromatic heterocycles. The van der Waals surface area contributed by atoms with E-state index in [9.17, 15) is 14.7 Å². The number of anilines is 2. The molecule has 8 aromatic rings. The molecule has 2 saturated heterocycles. The van der Waals surface area contributed by atoms with Crippen LogP contribution in [-0.2, 0) is 9.59 Å². The zero-order valence-electron chi connectivity index (χ0n) is 43.9. The number of amides is 2. The fraction of sp³-hybridized carbons (Fsp3) is 0.368. The number of ether oxygens (including phenoxy) is 4. The van der Waals surface area contributed by atoms with Crippen molar-refractivity contribution in [2.45, 2.75) is 70.4 Å². The van der Waals surface area contributed by atoms with E-state index in [0.717, 1.165) is 126 Å². The molecule has 4 fully saturated rings. The molecular weight excluding hydrogens is 1220 g/mol. The first kappa shape index (κ1) is 53.7. The minimum absolute atomic E-state index is 0.0857. The van der Waals surface area contributed by atoms with E-state index >= 15 is 0 Å². The summed E-state index contributed by atoms with van der Waals surface area (Å²) in [6, 6.07) is 26.9. The summed E-state index contributed by atoms with van der Waals surface area (Å²) < 4.78 is 27.3. The highest BCUT2D eigenvalue weighted by molar-refractivity contribution is 9.69. The number of halogens is 3. The molecule has 2 aliphatic carbocycles. The van der Waals surface area contributed by atoms with Gasteiger partial charge in [0.2, 0.25) is 23.7 Å². The van der Waals surface area contributed by atoms with Crippen LogP contribution in [0, 0.1) is 18.8 Å². The maximum atomic E-state index is 12.6. The standard InChI is InChI=1S/C29H30N6O3.C28H28N6O4.BBr3/c1-18-4-8-22-23(15-18)35(27(32-22)20-7-9-24-25(16-20)38-14-13-37-24)26-10-11-30-29(33-26)31-21-3-2-12-34(17-21)28(36)19-5-6-19;35-20-6-7-21-22(15-20)34(26(31-21)18-5-8-23-24(14-18)38-13-12-37-23)25-9-10-29-28(32-25)30-19-2-1-11-33(16-19)27(36)17-3-4-17;2-1(3)4/h4,7-11,15-16,19,21H,2-3,5-6,12-14,17H2,1H3,(H,30,31,33);5-10,14-15,17,19,35H,1-4,11-13,16H2,(H,29,30,32);/t21-;19-;/m00./s1. The highest BCUT2D eigenvalue weighted by Crippen LogP contribution is 2.39. The highest BCUT2D eigenvalue weighted by Gasteiger charge is 2.37. The number of imidazole rings is 2. The molecule has 14 rings (SSSR count). The van der Waals surface area contributed by atoms with Crippen molar-refractivity contribution in [3.05, 3.63) is 103 Å². The van der Waals surface area contributed by atoms with Gasteiger partial charge in [-0.1, -0.05) is 6.07 Å². The molecule has 2 saturated carbocycles. The number of carbonyl (C=O) groups is 2. The van der Waals surface area contributed by atoms with Crippen molar-refractivity contribution in [1.29, 1.82) is 0 Å². The first-order valence-corrected chi connectivity index (χ1v) is 29.9. The van der Waals surface area contributed by atoms with E-state index in [1.807, 2.05) is 69.0 Å². The monoisotopic (exact) mass is 1270 g/mol. The second kappa shape index (κ2) is 23.6. The van der Waals surface area contributed by atoms with Gasteiger partial charge >= 0.3 is 3.18 Å². The number of likely N-dealkylation sites (tertiary alicyclic amines) is 2. The number of aromatic hydroxyl groups is 1. The lowest BCUT2D eigenvalue weighted by Crippen LogP contribution is -2.45. The Morgan fingerprint density at radius 2 is 1.01 bits per heavy atom. The van der Waals surface area contributed by atoms with Gasteiger partial charge in [0.1, 0.15) is 55.5 Å². The summed E-state index contributed by atoms with van der Waals surface area (Å²) in [5, 5.41) is 17.2. The van der Waals surface area contributed by atoms with Gasteiger partial charge in [0, 0.05) is 79.7 Å². The summed E-state index contributed by atoms with van der Waals surface area (Å²) in [5.41, 5.74) is 6.19.